The first-order valence-electron chi connectivity index (χ1n) is 8.84. The first-order chi connectivity index (χ1) is 13.0. The average Bonchev–Trinajstić information content (AvgIpc) is 3.09. The molecule has 0 radical (unpaired) electrons. The summed E-state index contributed by atoms with van der Waals surface area (Å²) in [4.78, 5) is 17.3. The number of carbonyl (C=O) groups excluding carboxylic acids is 1. The van der Waals surface area contributed by atoms with E-state index in [9.17, 15) is 9.90 Å². The molecule has 3 rings (SSSR count). The normalized spacial score (nSPS) is 16.8. The van der Waals surface area contributed by atoms with Crippen molar-refractivity contribution in [1.82, 2.24) is 9.80 Å². The molecule has 5 nitrogen and oxygen atoms in total. The number of ether oxygens (including phenoxy) is 1. The summed E-state index contributed by atoms with van der Waals surface area (Å²) in [6, 6.07) is 8.78. The van der Waals surface area contributed by atoms with Crippen LogP contribution in [0.4, 0.5) is 0 Å². The molecule has 0 aliphatic carbocycles. The van der Waals surface area contributed by atoms with Crippen molar-refractivity contribution in [2.24, 2.45) is 0 Å². The van der Waals surface area contributed by atoms with Crippen molar-refractivity contribution in [2.45, 2.75) is 12.5 Å². The minimum absolute atomic E-state index is 0.0929. The maximum atomic E-state index is 12.5. The van der Waals surface area contributed by atoms with Crippen LogP contribution in [0.1, 0.15) is 16.1 Å². The number of aliphatic hydroxyl groups excluding tert-OH is 1. The Morgan fingerprint density at radius 1 is 1.19 bits per heavy atom. The number of halogens is 2. The van der Waals surface area contributed by atoms with Crippen molar-refractivity contribution in [3.63, 3.8) is 0 Å². The molecule has 0 spiro atoms. The lowest BCUT2D eigenvalue weighted by molar-refractivity contribution is 0.0671. The van der Waals surface area contributed by atoms with E-state index in [1.54, 1.807) is 18.2 Å². The van der Waals surface area contributed by atoms with E-state index < -0.39 is 6.10 Å². The Balaban J connectivity index is 1.45. The Morgan fingerprint density at radius 3 is 2.78 bits per heavy atom. The Labute approximate surface area is 173 Å². The van der Waals surface area contributed by atoms with Gasteiger partial charge < -0.3 is 14.7 Å². The van der Waals surface area contributed by atoms with Crippen molar-refractivity contribution in [3.05, 3.63) is 50.6 Å². The van der Waals surface area contributed by atoms with Gasteiger partial charge in [-0.1, -0.05) is 29.3 Å². The van der Waals surface area contributed by atoms with E-state index in [1.165, 1.54) is 11.3 Å². The molecule has 1 atom stereocenters. The zero-order valence-electron chi connectivity index (χ0n) is 14.8. The second-order valence-corrected chi connectivity index (χ2v) is 8.23. The van der Waals surface area contributed by atoms with Crippen LogP contribution in [-0.4, -0.2) is 66.2 Å². The SMILES string of the molecule is O=C(c1cccs1)N1CCCN(C[C@@H](O)COc2ccc(Cl)c(Cl)c2)CC1. The number of aliphatic hydroxyl groups is 1. The quantitative estimate of drug-likeness (QED) is 0.762. The Kier molecular flexibility index (Phi) is 7.38. The van der Waals surface area contributed by atoms with Gasteiger partial charge in [-0.15, -0.1) is 11.3 Å². The summed E-state index contributed by atoms with van der Waals surface area (Å²) in [5.74, 6) is 0.669. The summed E-state index contributed by atoms with van der Waals surface area (Å²) in [5.41, 5.74) is 0. The number of hydrogen-bond acceptors (Lipinski definition) is 5. The third kappa shape index (κ3) is 5.83. The molecule has 1 amide bonds. The topological polar surface area (TPSA) is 53.0 Å². The lowest BCUT2D eigenvalue weighted by atomic mass is 10.3. The smallest absolute Gasteiger partial charge is 0.263 e. The number of carbonyl (C=O) groups is 1. The van der Waals surface area contributed by atoms with Crippen LogP contribution in [0.2, 0.25) is 10.0 Å². The highest BCUT2D eigenvalue weighted by Crippen LogP contribution is 2.26. The molecule has 2 heterocycles. The van der Waals surface area contributed by atoms with Gasteiger partial charge in [-0.05, 0) is 36.5 Å². The fraction of sp³-hybridized carbons (Fsp3) is 0.421. The van der Waals surface area contributed by atoms with Crippen LogP contribution in [0.3, 0.4) is 0 Å². The molecular weight excluding hydrogens is 407 g/mol. The summed E-state index contributed by atoms with van der Waals surface area (Å²) in [5, 5.41) is 13.1. The number of rotatable bonds is 6. The number of benzene rings is 1. The van der Waals surface area contributed by atoms with E-state index in [0.717, 1.165) is 30.9 Å². The summed E-state index contributed by atoms with van der Waals surface area (Å²) in [6.07, 6.45) is 0.260. The zero-order chi connectivity index (χ0) is 19.2. The van der Waals surface area contributed by atoms with Crippen LogP contribution in [0, 0.1) is 0 Å². The van der Waals surface area contributed by atoms with Crippen LogP contribution >= 0.6 is 34.5 Å². The highest BCUT2D eigenvalue weighted by molar-refractivity contribution is 7.12. The highest BCUT2D eigenvalue weighted by atomic mass is 35.5. The molecule has 1 aliphatic heterocycles. The Morgan fingerprint density at radius 2 is 2.04 bits per heavy atom. The molecule has 27 heavy (non-hydrogen) atoms. The summed E-state index contributed by atoms with van der Waals surface area (Å²) < 4.78 is 5.60. The van der Waals surface area contributed by atoms with Crippen LogP contribution in [-0.2, 0) is 0 Å². The highest BCUT2D eigenvalue weighted by Gasteiger charge is 2.22. The molecule has 2 aromatic rings. The van der Waals surface area contributed by atoms with Crippen molar-refractivity contribution >= 4 is 40.4 Å². The van der Waals surface area contributed by atoms with Gasteiger partial charge in [0.1, 0.15) is 18.5 Å². The predicted octanol–water partition coefficient (Wildman–Crippen LogP) is 3.64. The van der Waals surface area contributed by atoms with E-state index in [-0.39, 0.29) is 12.5 Å². The third-order valence-corrected chi connectivity index (χ3v) is 6.01. The minimum Gasteiger partial charge on any atom is -0.491 e. The maximum absolute atomic E-state index is 12.5. The second kappa shape index (κ2) is 9.75. The summed E-state index contributed by atoms with van der Waals surface area (Å²) in [7, 11) is 0. The lowest BCUT2D eigenvalue weighted by Gasteiger charge is -2.24. The van der Waals surface area contributed by atoms with Crippen LogP contribution < -0.4 is 4.74 Å². The van der Waals surface area contributed by atoms with Crippen molar-refractivity contribution < 1.29 is 14.6 Å². The van der Waals surface area contributed by atoms with Gasteiger partial charge in [0.05, 0.1) is 14.9 Å². The predicted molar refractivity (Wildman–Crippen MR) is 109 cm³/mol. The first-order valence-corrected chi connectivity index (χ1v) is 10.5. The van der Waals surface area contributed by atoms with Gasteiger partial charge in [0.15, 0.2) is 0 Å². The van der Waals surface area contributed by atoms with Crippen molar-refractivity contribution in [1.29, 1.82) is 0 Å². The molecule has 0 saturated carbocycles. The number of β-amino-alcohol motifs (C(OH)–C–C–N with tert-alkyl or cyclic N) is 1. The van der Waals surface area contributed by atoms with E-state index in [1.807, 2.05) is 22.4 Å². The maximum Gasteiger partial charge on any atom is 0.263 e. The van der Waals surface area contributed by atoms with Crippen LogP contribution in [0.15, 0.2) is 35.7 Å². The van der Waals surface area contributed by atoms with Crippen LogP contribution in [0.5, 0.6) is 5.75 Å². The van der Waals surface area contributed by atoms with Gasteiger partial charge in [-0.25, -0.2) is 0 Å². The number of amides is 1. The van der Waals surface area contributed by atoms with Gasteiger partial charge in [0.2, 0.25) is 0 Å². The molecule has 8 heteroatoms. The van der Waals surface area contributed by atoms with E-state index in [2.05, 4.69) is 4.90 Å². The second-order valence-electron chi connectivity index (χ2n) is 6.46. The molecule has 1 aromatic carbocycles. The molecule has 1 saturated heterocycles. The molecule has 146 valence electrons. The monoisotopic (exact) mass is 428 g/mol. The molecule has 1 aromatic heterocycles. The van der Waals surface area contributed by atoms with Gasteiger partial charge in [-0.3, -0.25) is 9.69 Å². The van der Waals surface area contributed by atoms with Crippen molar-refractivity contribution in [2.75, 3.05) is 39.3 Å². The standard InChI is InChI=1S/C19H22Cl2N2O3S/c20-16-5-4-15(11-17(16)21)26-13-14(24)12-22-6-2-7-23(9-8-22)19(25)18-3-1-10-27-18/h1,3-5,10-11,14,24H,2,6-9,12-13H2/t14-/m1/s1. The van der Waals surface area contributed by atoms with Crippen LogP contribution in [0.25, 0.3) is 0 Å². The Hall–Kier alpha value is -1.31. The average molecular weight is 429 g/mol. The lowest BCUT2D eigenvalue weighted by Crippen LogP contribution is -2.39. The van der Waals surface area contributed by atoms with Gasteiger partial charge in [-0.2, -0.15) is 0 Å². The molecular formula is C19H22Cl2N2O3S. The molecule has 0 bridgehead atoms. The fourth-order valence-corrected chi connectivity index (χ4v) is 4.00. The number of hydrogen-bond donors (Lipinski definition) is 1. The van der Waals surface area contributed by atoms with E-state index >= 15 is 0 Å². The molecule has 1 aliphatic rings. The zero-order valence-corrected chi connectivity index (χ0v) is 17.1. The molecule has 0 unspecified atom stereocenters. The van der Waals surface area contributed by atoms with Crippen molar-refractivity contribution in [3.8, 4) is 5.75 Å². The molecule has 1 fully saturated rings. The van der Waals surface area contributed by atoms with E-state index in [0.29, 0.717) is 28.9 Å². The van der Waals surface area contributed by atoms with Gasteiger partial charge in [0, 0.05) is 32.2 Å². The number of nitrogens with zero attached hydrogens (tertiary/aromatic N) is 2. The fourth-order valence-electron chi connectivity index (χ4n) is 3.02. The van der Waals surface area contributed by atoms with Gasteiger partial charge in [0.25, 0.3) is 5.91 Å². The Bertz CT molecular complexity index is 757. The van der Waals surface area contributed by atoms with E-state index in [4.69, 9.17) is 27.9 Å². The first kappa shape index (κ1) is 20.4. The third-order valence-electron chi connectivity index (χ3n) is 4.41. The molecule has 1 N–H and O–H groups in total. The van der Waals surface area contributed by atoms with Gasteiger partial charge >= 0.3 is 0 Å². The summed E-state index contributed by atoms with van der Waals surface area (Å²) >= 11 is 13.3. The largest absolute Gasteiger partial charge is 0.491 e. The number of thiophene rings is 1. The summed E-state index contributed by atoms with van der Waals surface area (Å²) in [6.45, 7) is 3.66. The minimum atomic E-state index is -0.626.